The summed E-state index contributed by atoms with van der Waals surface area (Å²) < 4.78 is 0. The summed E-state index contributed by atoms with van der Waals surface area (Å²) in [4.78, 5) is 11.6. The van der Waals surface area contributed by atoms with Gasteiger partial charge in [-0.2, -0.15) is 5.26 Å². The molecule has 1 amide bonds. The first-order valence-corrected chi connectivity index (χ1v) is 5.31. The van der Waals surface area contributed by atoms with Crippen LogP contribution in [0.4, 0.5) is 0 Å². The van der Waals surface area contributed by atoms with Crippen molar-refractivity contribution in [3.63, 3.8) is 0 Å². The molecule has 78 valence electrons. The molecule has 0 bridgehead atoms. The highest BCUT2D eigenvalue weighted by Crippen LogP contribution is 2.38. The van der Waals surface area contributed by atoms with Crippen molar-refractivity contribution in [2.75, 3.05) is 0 Å². The maximum atomic E-state index is 11.6. The Bertz CT molecular complexity index is 263. The minimum Gasteiger partial charge on any atom is -0.338 e. The second kappa shape index (κ2) is 4.00. The highest BCUT2D eigenvalue weighted by atomic mass is 16.2. The molecule has 3 heteroatoms. The highest BCUT2D eigenvalue weighted by molar-refractivity contribution is 5.82. The molecule has 1 rings (SSSR count). The van der Waals surface area contributed by atoms with E-state index in [1.165, 1.54) is 0 Å². The van der Waals surface area contributed by atoms with Crippen LogP contribution in [0.3, 0.4) is 0 Å². The number of nitrogens with one attached hydrogen (secondary N) is 1. The average Bonchev–Trinajstić information content (AvgIpc) is 2.92. The fraction of sp³-hybridized carbons (Fsp3) is 0.818. The van der Waals surface area contributed by atoms with Gasteiger partial charge >= 0.3 is 0 Å². The minimum atomic E-state index is -0.639. The summed E-state index contributed by atoms with van der Waals surface area (Å²) in [6.45, 7) is 5.93. The first kappa shape index (κ1) is 11.0. The maximum absolute atomic E-state index is 11.6. The number of nitrogens with zero attached hydrogens (tertiary/aromatic N) is 1. The van der Waals surface area contributed by atoms with Gasteiger partial charge in [0.2, 0.25) is 5.91 Å². The van der Waals surface area contributed by atoms with E-state index in [1.807, 2.05) is 13.8 Å². The zero-order valence-electron chi connectivity index (χ0n) is 9.13. The monoisotopic (exact) mass is 194 g/mol. The Morgan fingerprint density at radius 2 is 2.07 bits per heavy atom. The van der Waals surface area contributed by atoms with E-state index in [0.717, 1.165) is 6.42 Å². The lowest BCUT2D eigenvalue weighted by Gasteiger charge is -2.24. The Labute approximate surface area is 85.5 Å². The summed E-state index contributed by atoms with van der Waals surface area (Å²) in [5.41, 5.74) is -0.639. The van der Waals surface area contributed by atoms with Crippen LogP contribution in [-0.4, -0.2) is 11.4 Å². The molecule has 0 aliphatic heterocycles. The van der Waals surface area contributed by atoms with Crippen molar-refractivity contribution in [3.8, 4) is 6.07 Å². The molecule has 0 aromatic rings. The van der Waals surface area contributed by atoms with E-state index in [-0.39, 0.29) is 11.8 Å². The normalized spacial score (nSPS) is 25.3. The number of amides is 1. The van der Waals surface area contributed by atoms with Crippen LogP contribution >= 0.6 is 0 Å². The first-order valence-electron chi connectivity index (χ1n) is 5.31. The molecule has 2 atom stereocenters. The Morgan fingerprint density at radius 3 is 2.36 bits per heavy atom. The van der Waals surface area contributed by atoms with Crippen molar-refractivity contribution in [2.45, 2.75) is 45.6 Å². The number of carbonyl (C=O) groups is 1. The number of carbonyl (C=O) groups excluding carboxylic acids is 1. The molecule has 0 saturated heterocycles. The molecule has 0 radical (unpaired) electrons. The topological polar surface area (TPSA) is 52.9 Å². The molecule has 1 saturated carbocycles. The van der Waals surface area contributed by atoms with Gasteiger partial charge in [0.05, 0.1) is 6.07 Å². The zero-order valence-corrected chi connectivity index (χ0v) is 9.13. The fourth-order valence-corrected chi connectivity index (χ4v) is 1.63. The predicted octanol–water partition coefficient (Wildman–Crippen LogP) is 1.84. The van der Waals surface area contributed by atoms with E-state index >= 15 is 0 Å². The number of hydrogen-bond donors (Lipinski definition) is 1. The SMILES string of the molecule is CCC(C#N)(CC)NC(=O)C1CC1C. The van der Waals surface area contributed by atoms with E-state index in [1.54, 1.807) is 0 Å². The molecule has 1 aliphatic carbocycles. The zero-order chi connectivity index (χ0) is 10.8. The van der Waals surface area contributed by atoms with Crippen molar-refractivity contribution < 1.29 is 4.79 Å². The largest absolute Gasteiger partial charge is 0.338 e. The summed E-state index contributed by atoms with van der Waals surface area (Å²) in [5, 5.41) is 11.9. The van der Waals surface area contributed by atoms with Crippen LogP contribution in [-0.2, 0) is 4.79 Å². The Morgan fingerprint density at radius 1 is 1.57 bits per heavy atom. The third kappa shape index (κ3) is 2.06. The number of rotatable bonds is 4. The molecule has 3 nitrogen and oxygen atoms in total. The van der Waals surface area contributed by atoms with E-state index in [4.69, 9.17) is 5.26 Å². The van der Waals surface area contributed by atoms with Crippen molar-refractivity contribution in [1.29, 1.82) is 5.26 Å². The Kier molecular flexibility index (Phi) is 3.15. The van der Waals surface area contributed by atoms with Gasteiger partial charge in [0, 0.05) is 5.92 Å². The Hall–Kier alpha value is -1.04. The van der Waals surface area contributed by atoms with Crippen LogP contribution in [0.5, 0.6) is 0 Å². The van der Waals surface area contributed by atoms with Gasteiger partial charge in [-0.1, -0.05) is 20.8 Å². The first-order chi connectivity index (χ1) is 6.58. The van der Waals surface area contributed by atoms with Crippen LogP contribution in [0.2, 0.25) is 0 Å². The second-order valence-electron chi connectivity index (χ2n) is 4.21. The molecular formula is C11H18N2O. The number of nitriles is 1. The molecule has 2 unspecified atom stereocenters. The molecular weight excluding hydrogens is 176 g/mol. The van der Waals surface area contributed by atoms with Crippen molar-refractivity contribution in [3.05, 3.63) is 0 Å². The lowest BCUT2D eigenvalue weighted by molar-refractivity contribution is -0.124. The standard InChI is InChI=1S/C11H18N2O/c1-4-11(5-2,7-12)13-10(14)9-6-8(9)3/h8-9H,4-6H2,1-3H3,(H,13,14). The van der Waals surface area contributed by atoms with Gasteiger partial charge in [-0.15, -0.1) is 0 Å². The molecule has 0 aromatic heterocycles. The molecule has 1 fully saturated rings. The van der Waals surface area contributed by atoms with Crippen molar-refractivity contribution in [1.82, 2.24) is 5.32 Å². The predicted molar refractivity (Wildman–Crippen MR) is 54.3 cm³/mol. The summed E-state index contributed by atoms with van der Waals surface area (Å²) in [7, 11) is 0. The summed E-state index contributed by atoms with van der Waals surface area (Å²) in [5.74, 6) is 0.712. The molecule has 14 heavy (non-hydrogen) atoms. The average molecular weight is 194 g/mol. The molecule has 0 heterocycles. The van der Waals surface area contributed by atoms with Gasteiger partial charge in [0.1, 0.15) is 5.54 Å². The van der Waals surface area contributed by atoms with Gasteiger partial charge in [0.25, 0.3) is 0 Å². The third-order valence-corrected chi connectivity index (χ3v) is 3.23. The summed E-state index contributed by atoms with van der Waals surface area (Å²) in [6, 6.07) is 2.21. The quantitative estimate of drug-likeness (QED) is 0.742. The van der Waals surface area contributed by atoms with Gasteiger partial charge in [-0.25, -0.2) is 0 Å². The van der Waals surface area contributed by atoms with Crippen LogP contribution < -0.4 is 5.32 Å². The van der Waals surface area contributed by atoms with Crippen LogP contribution in [0, 0.1) is 23.2 Å². The lowest BCUT2D eigenvalue weighted by Crippen LogP contribution is -2.47. The lowest BCUT2D eigenvalue weighted by atomic mass is 9.94. The smallest absolute Gasteiger partial charge is 0.224 e. The molecule has 1 N–H and O–H groups in total. The van der Waals surface area contributed by atoms with E-state index in [9.17, 15) is 4.79 Å². The third-order valence-electron chi connectivity index (χ3n) is 3.23. The molecule has 1 aliphatic rings. The fourth-order valence-electron chi connectivity index (χ4n) is 1.63. The number of hydrogen-bond acceptors (Lipinski definition) is 2. The van der Waals surface area contributed by atoms with Gasteiger partial charge in [-0.3, -0.25) is 4.79 Å². The van der Waals surface area contributed by atoms with Crippen molar-refractivity contribution >= 4 is 5.91 Å². The van der Waals surface area contributed by atoms with Gasteiger partial charge in [-0.05, 0) is 25.2 Å². The Balaban J connectivity index is 2.56. The van der Waals surface area contributed by atoms with E-state index < -0.39 is 5.54 Å². The van der Waals surface area contributed by atoms with Crippen molar-refractivity contribution in [2.24, 2.45) is 11.8 Å². The highest BCUT2D eigenvalue weighted by Gasteiger charge is 2.41. The molecule has 0 aromatic carbocycles. The van der Waals surface area contributed by atoms with Crippen LogP contribution in [0.1, 0.15) is 40.0 Å². The summed E-state index contributed by atoms with van der Waals surface area (Å²) >= 11 is 0. The van der Waals surface area contributed by atoms with Gasteiger partial charge in [0.15, 0.2) is 0 Å². The minimum absolute atomic E-state index is 0.0581. The van der Waals surface area contributed by atoms with E-state index in [0.29, 0.717) is 18.8 Å². The van der Waals surface area contributed by atoms with Crippen LogP contribution in [0.25, 0.3) is 0 Å². The summed E-state index contributed by atoms with van der Waals surface area (Å²) in [6.07, 6.45) is 2.32. The van der Waals surface area contributed by atoms with Crippen LogP contribution in [0.15, 0.2) is 0 Å². The molecule has 0 spiro atoms. The second-order valence-corrected chi connectivity index (χ2v) is 4.21. The van der Waals surface area contributed by atoms with E-state index in [2.05, 4.69) is 18.3 Å². The van der Waals surface area contributed by atoms with Gasteiger partial charge < -0.3 is 5.32 Å². The maximum Gasteiger partial charge on any atom is 0.224 e.